The number of furan rings is 2. The largest absolute Gasteiger partial charge is 0.456 e. The molecular weight excluding hydrogens is 659 g/mol. The molecule has 8 aromatic carbocycles. The number of hydrogen-bond donors (Lipinski definition) is 0. The van der Waals surface area contributed by atoms with Crippen LogP contribution in [0.15, 0.2) is 173 Å². The van der Waals surface area contributed by atoms with Gasteiger partial charge in [0.25, 0.3) is 0 Å². The molecule has 11 aromatic rings. The Morgan fingerprint density at radius 3 is 1.65 bits per heavy atom. The highest BCUT2D eigenvalue weighted by atomic mass is 16.3. The normalized spacial score (nSPS) is 13.5. The van der Waals surface area contributed by atoms with Gasteiger partial charge in [-0.05, 0) is 111 Å². The van der Waals surface area contributed by atoms with Gasteiger partial charge < -0.3 is 13.4 Å². The van der Waals surface area contributed by atoms with E-state index in [1.165, 1.54) is 60.8 Å². The molecule has 54 heavy (non-hydrogen) atoms. The Hall–Kier alpha value is -6.84. The fraction of sp³-hybridized carbons (Fsp3) is 0.0588. The minimum absolute atomic E-state index is 0.0476. The Morgan fingerprint density at radius 1 is 0.370 bits per heavy atom. The van der Waals surface area contributed by atoms with E-state index in [0.717, 1.165) is 55.1 Å². The Kier molecular flexibility index (Phi) is 5.84. The third-order valence-electron chi connectivity index (χ3n) is 12.0. The van der Waals surface area contributed by atoms with Gasteiger partial charge in [-0.3, -0.25) is 0 Å². The molecule has 3 heterocycles. The summed E-state index contributed by atoms with van der Waals surface area (Å²) in [6, 6.07) is 59.3. The lowest BCUT2D eigenvalue weighted by Gasteiger charge is -2.22. The highest BCUT2D eigenvalue weighted by molar-refractivity contribution is 6.16. The Balaban J connectivity index is 0.984. The first-order chi connectivity index (χ1) is 26.5. The molecule has 0 unspecified atom stereocenters. The van der Waals surface area contributed by atoms with Gasteiger partial charge in [0.15, 0.2) is 0 Å². The standard InChI is InChI=1S/C51H33NO2/c1-51(2)43-14-8-6-12-35(43)36-20-16-33(27-44(36)51)32-19-23-48-40(26-32)42-28-41-39-25-31(18-22-47(39)53-49(41)29-50(42)54-48)30-17-21-46-38(24-30)37-13-7-9-15-45(37)52(46)34-10-4-3-5-11-34/h3-29H,1-2H3. The van der Waals surface area contributed by atoms with Crippen LogP contribution in [0.3, 0.4) is 0 Å². The average Bonchev–Trinajstić information content (AvgIpc) is 3.93. The second-order valence-electron chi connectivity index (χ2n) is 15.3. The maximum Gasteiger partial charge on any atom is 0.139 e. The van der Waals surface area contributed by atoms with E-state index >= 15 is 0 Å². The molecule has 0 bridgehead atoms. The molecule has 0 spiro atoms. The molecule has 3 aromatic heterocycles. The van der Waals surface area contributed by atoms with Crippen molar-refractivity contribution in [1.29, 1.82) is 0 Å². The average molecular weight is 692 g/mol. The summed E-state index contributed by atoms with van der Waals surface area (Å²) in [7, 11) is 0. The van der Waals surface area contributed by atoms with Crippen molar-refractivity contribution in [2.75, 3.05) is 0 Å². The summed E-state index contributed by atoms with van der Waals surface area (Å²) < 4.78 is 15.2. The minimum Gasteiger partial charge on any atom is -0.456 e. The molecule has 0 saturated heterocycles. The molecule has 0 amide bonds. The first-order valence-corrected chi connectivity index (χ1v) is 18.7. The SMILES string of the molecule is CC1(C)c2ccccc2-c2ccc(-c3ccc4oc5cc6oc7ccc(-c8ccc9c(c8)c8ccccc8n9-c8ccccc8)cc7c6cc5c4c3)cc21. The molecule has 0 saturated carbocycles. The van der Waals surface area contributed by atoms with Crippen LogP contribution in [-0.2, 0) is 5.41 Å². The van der Waals surface area contributed by atoms with Gasteiger partial charge in [-0.25, -0.2) is 0 Å². The van der Waals surface area contributed by atoms with Gasteiger partial charge in [-0.15, -0.1) is 0 Å². The highest BCUT2D eigenvalue weighted by Gasteiger charge is 2.35. The summed E-state index contributed by atoms with van der Waals surface area (Å²) in [5.74, 6) is 0. The van der Waals surface area contributed by atoms with Crippen LogP contribution in [0.2, 0.25) is 0 Å². The summed E-state index contributed by atoms with van der Waals surface area (Å²) in [6.07, 6.45) is 0. The number of hydrogen-bond acceptors (Lipinski definition) is 2. The van der Waals surface area contributed by atoms with Crippen molar-refractivity contribution in [3.8, 4) is 39.1 Å². The third kappa shape index (κ3) is 4.07. The summed E-state index contributed by atoms with van der Waals surface area (Å²) in [5, 5.41) is 6.88. The van der Waals surface area contributed by atoms with Crippen molar-refractivity contribution in [2.45, 2.75) is 19.3 Å². The monoisotopic (exact) mass is 691 g/mol. The molecule has 1 aliphatic carbocycles. The molecule has 0 radical (unpaired) electrons. The van der Waals surface area contributed by atoms with Crippen molar-refractivity contribution in [2.24, 2.45) is 0 Å². The Bertz CT molecular complexity index is 3350. The maximum absolute atomic E-state index is 6.45. The summed E-state index contributed by atoms with van der Waals surface area (Å²) >= 11 is 0. The zero-order valence-electron chi connectivity index (χ0n) is 29.9. The lowest BCUT2D eigenvalue weighted by atomic mass is 9.81. The predicted molar refractivity (Wildman–Crippen MR) is 224 cm³/mol. The lowest BCUT2D eigenvalue weighted by Crippen LogP contribution is -2.14. The molecular formula is C51H33NO2. The van der Waals surface area contributed by atoms with Crippen molar-refractivity contribution in [3.63, 3.8) is 0 Å². The van der Waals surface area contributed by atoms with Gasteiger partial charge in [0.2, 0.25) is 0 Å². The van der Waals surface area contributed by atoms with Crippen LogP contribution in [0.4, 0.5) is 0 Å². The van der Waals surface area contributed by atoms with Crippen LogP contribution in [0.1, 0.15) is 25.0 Å². The Morgan fingerprint density at radius 2 is 0.907 bits per heavy atom. The second kappa shape index (κ2) is 10.6. The van der Waals surface area contributed by atoms with Crippen molar-refractivity contribution >= 4 is 65.7 Å². The molecule has 12 rings (SSSR count). The van der Waals surface area contributed by atoms with Crippen LogP contribution in [0.5, 0.6) is 0 Å². The van der Waals surface area contributed by atoms with Crippen LogP contribution >= 0.6 is 0 Å². The summed E-state index contributed by atoms with van der Waals surface area (Å²) in [5.41, 5.74) is 17.1. The van der Waals surface area contributed by atoms with Crippen LogP contribution in [0, 0.1) is 0 Å². The van der Waals surface area contributed by atoms with E-state index in [2.05, 4.69) is 182 Å². The second-order valence-corrected chi connectivity index (χ2v) is 15.3. The highest BCUT2D eigenvalue weighted by Crippen LogP contribution is 2.50. The number of nitrogens with zero attached hydrogens (tertiary/aromatic N) is 1. The van der Waals surface area contributed by atoms with Gasteiger partial charge in [0.1, 0.15) is 22.3 Å². The van der Waals surface area contributed by atoms with E-state index in [4.69, 9.17) is 8.83 Å². The molecule has 254 valence electrons. The van der Waals surface area contributed by atoms with Gasteiger partial charge >= 0.3 is 0 Å². The lowest BCUT2D eigenvalue weighted by molar-refractivity contribution is 0.656. The van der Waals surface area contributed by atoms with E-state index in [1.54, 1.807) is 0 Å². The molecule has 1 aliphatic rings. The zero-order valence-corrected chi connectivity index (χ0v) is 29.9. The smallest absolute Gasteiger partial charge is 0.139 e. The minimum atomic E-state index is -0.0476. The van der Waals surface area contributed by atoms with Gasteiger partial charge in [-0.1, -0.05) is 105 Å². The van der Waals surface area contributed by atoms with E-state index in [9.17, 15) is 0 Å². The molecule has 0 N–H and O–H groups in total. The quantitative estimate of drug-likeness (QED) is 0.185. The number of aromatic nitrogens is 1. The van der Waals surface area contributed by atoms with E-state index in [-0.39, 0.29) is 5.41 Å². The zero-order chi connectivity index (χ0) is 35.7. The molecule has 0 atom stereocenters. The number of benzene rings is 8. The topological polar surface area (TPSA) is 31.2 Å². The van der Waals surface area contributed by atoms with Gasteiger partial charge in [0, 0.05) is 49.5 Å². The van der Waals surface area contributed by atoms with Gasteiger partial charge in [0.05, 0.1) is 11.0 Å². The fourth-order valence-electron chi connectivity index (χ4n) is 9.30. The van der Waals surface area contributed by atoms with Gasteiger partial charge in [-0.2, -0.15) is 0 Å². The number of rotatable bonds is 3. The van der Waals surface area contributed by atoms with Crippen molar-refractivity contribution < 1.29 is 8.83 Å². The van der Waals surface area contributed by atoms with E-state index in [0.29, 0.717) is 0 Å². The van der Waals surface area contributed by atoms with E-state index in [1.807, 2.05) is 0 Å². The van der Waals surface area contributed by atoms with Crippen molar-refractivity contribution in [1.82, 2.24) is 4.57 Å². The molecule has 0 fully saturated rings. The third-order valence-corrected chi connectivity index (χ3v) is 12.0. The predicted octanol–water partition coefficient (Wildman–Crippen LogP) is 14.2. The fourth-order valence-corrected chi connectivity index (χ4v) is 9.30. The van der Waals surface area contributed by atoms with Crippen LogP contribution in [-0.4, -0.2) is 4.57 Å². The first kappa shape index (κ1) is 29.7. The maximum atomic E-state index is 6.45. The van der Waals surface area contributed by atoms with E-state index < -0.39 is 0 Å². The van der Waals surface area contributed by atoms with Crippen LogP contribution in [0.25, 0.3) is 105 Å². The van der Waals surface area contributed by atoms with Crippen LogP contribution < -0.4 is 0 Å². The summed E-state index contributed by atoms with van der Waals surface area (Å²) in [6.45, 7) is 4.67. The summed E-state index contributed by atoms with van der Waals surface area (Å²) in [4.78, 5) is 0. The number of fused-ring (bicyclic) bond motifs is 12. The molecule has 0 aliphatic heterocycles. The first-order valence-electron chi connectivity index (χ1n) is 18.7. The number of para-hydroxylation sites is 2. The van der Waals surface area contributed by atoms with Crippen molar-refractivity contribution in [3.05, 3.63) is 175 Å². The Labute approximate surface area is 311 Å². The molecule has 3 nitrogen and oxygen atoms in total. The molecule has 3 heteroatoms.